The summed E-state index contributed by atoms with van der Waals surface area (Å²) in [6.07, 6.45) is 0. The summed E-state index contributed by atoms with van der Waals surface area (Å²) >= 11 is 5.66. The molecule has 0 aliphatic heterocycles. The number of esters is 1. The van der Waals surface area contributed by atoms with E-state index in [9.17, 15) is 19.5 Å². The van der Waals surface area contributed by atoms with E-state index in [1.165, 1.54) is 25.2 Å². The van der Waals surface area contributed by atoms with Gasteiger partial charge in [-0.15, -0.1) is 0 Å². The Labute approximate surface area is 113 Å². The number of carbonyl (C=O) groups excluding carboxylic acids is 3. The Hall–Kier alpha value is -2.28. The van der Waals surface area contributed by atoms with Crippen molar-refractivity contribution in [2.24, 2.45) is 0 Å². The second-order valence-electron chi connectivity index (χ2n) is 3.36. The Kier molecular flexibility index (Phi) is 5.13. The minimum atomic E-state index is -0.924. The Bertz CT molecular complexity index is 518. The van der Waals surface area contributed by atoms with Crippen molar-refractivity contribution in [3.05, 3.63) is 28.8 Å². The highest BCUT2D eigenvalue weighted by atomic mass is 35.5. The van der Waals surface area contributed by atoms with Gasteiger partial charge in [0.2, 0.25) is 0 Å². The first-order valence-corrected chi connectivity index (χ1v) is 5.49. The minimum absolute atomic E-state index is 0.166. The molecule has 102 valence electrons. The third-order valence-corrected chi connectivity index (χ3v) is 2.23. The molecule has 0 saturated carbocycles. The van der Waals surface area contributed by atoms with Crippen molar-refractivity contribution in [3.63, 3.8) is 0 Å². The van der Waals surface area contributed by atoms with E-state index in [1.807, 2.05) is 5.32 Å². The highest BCUT2D eigenvalue weighted by Crippen LogP contribution is 2.22. The van der Waals surface area contributed by atoms with E-state index in [0.717, 1.165) is 0 Å². The standard InChI is InChI=1S/C11H11ClN2O5/c1-13-11(18)14-9(16)5-19-10(17)7-4-6(12)2-3-8(7)15/h2-4,15H,5H2,1H3,(H2,13,14,16,18). The van der Waals surface area contributed by atoms with Crippen molar-refractivity contribution >= 4 is 29.5 Å². The lowest BCUT2D eigenvalue weighted by Gasteiger charge is -2.06. The summed E-state index contributed by atoms with van der Waals surface area (Å²) in [5.74, 6) is -2.04. The molecule has 8 heteroatoms. The summed E-state index contributed by atoms with van der Waals surface area (Å²) in [7, 11) is 1.33. The number of imide groups is 1. The third kappa shape index (κ3) is 4.47. The molecule has 0 aromatic heterocycles. The molecular weight excluding hydrogens is 276 g/mol. The van der Waals surface area contributed by atoms with Crippen molar-refractivity contribution in [1.29, 1.82) is 0 Å². The molecule has 0 bridgehead atoms. The van der Waals surface area contributed by atoms with E-state index >= 15 is 0 Å². The van der Waals surface area contributed by atoms with Crippen LogP contribution in [0.1, 0.15) is 10.4 Å². The van der Waals surface area contributed by atoms with Crippen molar-refractivity contribution < 1.29 is 24.2 Å². The molecule has 3 amide bonds. The summed E-state index contributed by atoms with van der Waals surface area (Å²) in [6, 6.07) is 3.11. The van der Waals surface area contributed by atoms with Gasteiger partial charge in [0, 0.05) is 12.1 Å². The first-order chi connectivity index (χ1) is 8.93. The average Bonchev–Trinajstić information content (AvgIpc) is 2.38. The number of carbonyl (C=O) groups is 3. The second-order valence-corrected chi connectivity index (χ2v) is 3.80. The highest BCUT2D eigenvalue weighted by molar-refractivity contribution is 6.31. The molecule has 0 unspecified atom stereocenters. The van der Waals surface area contributed by atoms with E-state index < -0.39 is 24.5 Å². The van der Waals surface area contributed by atoms with Crippen molar-refractivity contribution in [2.45, 2.75) is 0 Å². The van der Waals surface area contributed by atoms with Gasteiger partial charge in [-0.25, -0.2) is 9.59 Å². The second kappa shape index (κ2) is 6.60. The van der Waals surface area contributed by atoms with Gasteiger partial charge in [0.15, 0.2) is 6.61 Å². The Balaban J connectivity index is 2.58. The molecule has 0 heterocycles. The topological polar surface area (TPSA) is 105 Å². The van der Waals surface area contributed by atoms with Crippen LogP contribution in [0.25, 0.3) is 0 Å². The quantitative estimate of drug-likeness (QED) is 0.708. The predicted molar refractivity (Wildman–Crippen MR) is 66.0 cm³/mol. The maximum Gasteiger partial charge on any atom is 0.342 e. The lowest BCUT2D eigenvalue weighted by Crippen LogP contribution is -2.39. The fourth-order valence-corrected chi connectivity index (χ4v) is 1.28. The Morgan fingerprint density at radius 3 is 2.68 bits per heavy atom. The van der Waals surface area contributed by atoms with Gasteiger partial charge in [-0.05, 0) is 18.2 Å². The summed E-state index contributed by atoms with van der Waals surface area (Å²) in [5.41, 5.74) is -0.166. The van der Waals surface area contributed by atoms with E-state index in [-0.39, 0.29) is 16.3 Å². The monoisotopic (exact) mass is 286 g/mol. The summed E-state index contributed by atoms with van der Waals surface area (Å²) in [6.45, 7) is -0.655. The minimum Gasteiger partial charge on any atom is -0.507 e. The predicted octanol–water partition coefficient (Wildman–Crippen LogP) is 0.658. The lowest BCUT2D eigenvalue weighted by molar-refractivity contribution is -0.123. The van der Waals surface area contributed by atoms with Crippen LogP contribution in [0.2, 0.25) is 5.02 Å². The summed E-state index contributed by atoms with van der Waals surface area (Å²) < 4.78 is 4.62. The van der Waals surface area contributed by atoms with Crippen LogP contribution < -0.4 is 10.6 Å². The number of benzene rings is 1. The van der Waals surface area contributed by atoms with Crippen molar-refractivity contribution in [1.82, 2.24) is 10.6 Å². The van der Waals surface area contributed by atoms with Crippen molar-refractivity contribution in [2.75, 3.05) is 13.7 Å². The average molecular weight is 287 g/mol. The van der Waals surface area contributed by atoms with E-state index in [4.69, 9.17) is 11.6 Å². The van der Waals surface area contributed by atoms with Crippen LogP contribution in [0.15, 0.2) is 18.2 Å². The Morgan fingerprint density at radius 1 is 1.37 bits per heavy atom. The van der Waals surface area contributed by atoms with Gasteiger partial charge in [0.25, 0.3) is 5.91 Å². The van der Waals surface area contributed by atoms with Gasteiger partial charge < -0.3 is 15.2 Å². The molecule has 0 spiro atoms. The number of phenols is 1. The molecule has 0 atom stereocenters. The molecule has 19 heavy (non-hydrogen) atoms. The zero-order valence-corrected chi connectivity index (χ0v) is 10.7. The van der Waals surface area contributed by atoms with Gasteiger partial charge in [-0.1, -0.05) is 11.6 Å². The number of ether oxygens (including phenoxy) is 1. The largest absolute Gasteiger partial charge is 0.507 e. The fraction of sp³-hybridized carbons (Fsp3) is 0.182. The number of rotatable bonds is 3. The molecule has 1 rings (SSSR count). The van der Waals surface area contributed by atoms with Crippen LogP contribution in [0, 0.1) is 0 Å². The van der Waals surface area contributed by atoms with E-state index in [1.54, 1.807) is 0 Å². The first-order valence-electron chi connectivity index (χ1n) is 5.11. The number of hydrogen-bond donors (Lipinski definition) is 3. The number of hydrogen-bond acceptors (Lipinski definition) is 5. The van der Waals surface area contributed by atoms with Gasteiger partial charge in [-0.3, -0.25) is 10.1 Å². The molecule has 1 aromatic rings. The molecule has 3 N–H and O–H groups in total. The highest BCUT2D eigenvalue weighted by Gasteiger charge is 2.15. The smallest absolute Gasteiger partial charge is 0.342 e. The number of phenolic OH excluding ortho intramolecular Hbond substituents is 1. The number of urea groups is 1. The number of nitrogens with one attached hydrogen (secondary N) is 2. The number of aromatic hydroxyl groups is 1. The molecule has 0 aliphatic carbocycles. The van der Waals surface area contributed by atoms with Gasteiger partial charge in [0.1, 0.15) is 11.3 Å². The summed E-state index contributed by atoms with van der Waals surface area (Å²) in [5, 5.41) is 13.7. The molecule has 0 saturated heterocycles. The lowest BCUT2D eigenvalue weighted by atomic mass is 10.2. The van der Waals surface area contributed by atoms with Gasteiger partial charge in [0.05, 0.1) is 0 Å². The van der Waals surface area contributed by atoms with Crippen LogP contribution in [-0.2, 0) is 9.53 Å². The number of amides is 3. The first kappa shape index (κ1) is 14.8. The maximum absolute atomic E-state index is 11.6. The van der Waals surface area contributed by atoms with Crippen LogP contribution >= 0.6 is 11.6 Å². The van der Waals surface area contributed by atoms with Crippen LogP contribution in [0.3, 0.4) is 0 Å². The van der Waals surface area contributed by atoms with Crippen LogP contribution in [-0.4, -0.2) is 36.7 Å². The molecule has 1 aromatic carbocycles. The third-order valence-electron chi connectivity index (χ3n) is 1.99. The molecule has 0 fully saturated rings. The molecular formula is C11H11ClN2O5. The molecule has 0 aliphatic rings. The van der Waals surface area contributed by atoms with E-state index in [2.05, 4.69) is 10.1 Å². The fourth-order valence-electron chi connectivity index (χ4n) is 1.11. The Morgan fingerprint density at radius 2 is 2.05 bits per heavy atom. The molecule has 7 nitrogen and oxygen atoms in total. The van der Waals surface area contributed by atoms with Crippen molar-refractivity contribution in [3.8, 4) is 5.75 Å². The molecule has 0 radical (unpaired) electrons. The van der Waals surface area contributed by atoms with Crippen LogP contribution in [0.4, 0.5) is 4.79 Å². The zero-order valence-electron chi connectivity index (χ0n) is 9.90. The SMILES string of the molecule is CNC(=O)NC(=O)COC(=O)c1cc(Cl)ccc1O. The van der Waals surface area contributed by atoms with E-state index in [0.29, 0.717) is 0 Å². The zero-order chi connectivity index (χ0) is 14.4. The van der Waals surface area contributed by atoms with Crippen LogP contribution in [0.5, 0.6) is 5.75 Å². The normalized spacial score (nSPS) is 9.58. The van der Waals surface area contributed by atoms with Gasteiger partial charge >= 0.3 is 12.0 Å². The maximum atomic E-state index is 11.6. The number of halogens is 1. The summed E-state index contributed by atoms with van der Waals surface area (Å²) in [4.78, 5) is 33.5. The van der Waals surface area contributed by atoms with Gasteiger partial charge in [-0.2, -0.15) is 0 Å².